The van der Waals surface area contributed by atoms with Crippen LogP contribution < -0.4 is 10.6 Å². The highest BCUT2D eigenvalue weighted by Gasteiger charge is 2.16. The lowest BCUT2D eigenvalue weighted by Gasteiger charge is -2.36. The largest absolute Gasteiger partial charge is 0.369 e. The van der Waals surface area contributed by atoms with Gasteiger partial charge in [-0.15, -0.1) is 0 Å². The van der Waals surface area contributed by atoms with Crippen molar-refractivity contribution in [2.24, 2.45) is 5.73 Å². The fourth-order valence-corrected chi connectivity index (χ4v) is 2.86. The van der Waals surface area contributed by atoms with E-state index in [1.54, 1.807) is 0 Å². The Morgan fingerprint density at radius 3 is 2.47 bits per heavy atom. The monoisotopic (exact) mass is 261 g/mol. The molecule has 19 heavy (non-hydrogen) atoms. The molecular formula is C16H27N3. The van der Waals surface area contributed by atoms with Crippen LogP contribution in [0.2, 0.25) is 0 Å². The third-order valence-corrected chi connectivity index (χ3v) is 4.02. The molecule has 0 spiro atoms. The van der Waals surface area contributed by atoms with E-state index in [0.717, 1.165) is 26.1 Å². The van der Waals surface area contributed by atoms with E-state index in [0.29, 0.717) is 0 Å². The van der Waals surface area contributed by atoms with Gasteiger partial charge in [0.15, 0.2) is 0 Å². The van der Waals surface area contributed by atoms with Crippen molar-refractivity contribution in [3.05, 3.63) is 29.3 Å². The molecule has 0 radical (unpaired) electrons. The van der Waals surface area contributed by atoms with Crippen LogP contribution in [-0.2, 0) is 6.42 Å². The van der Waals surface area contributed by atoms with Crippen molar-refractivity contribution < 1.29 is 0 Å². The summed E-state index contributed by atoms with van der Waals surface area (Å²) in [6.45, 7) is 11.1. The maximum Gasteiger partial charge on any atom is 0.0369 e. The Bertz CT molecular complexity index is 395. The summed E-state index contributed by atoms with van der Waals surface area (Å²) in [5.41, 5.74) is 9.77. The van der Waals surface area contributed by atoms with E-state index < -0.39 is 0 Å². The Morgan fingerprint density at radius 2 is 1.89 bits per heavy atom. The van der Waals surface area contributed by atoms with Crippen molar-refractivity contribution in [3.63, 3.8) is 0 Å². The lowest BCUT2D eigenvalue weighted by atomic mass is 10.0. The maximum absolute atomic E-state index is 5.64. The minimum Gasteiger partial charge on any atom is -0.369 e. The Balaban J connectivity index is 1.97. The second-order valence-electron chi connectivity index (χ2n) is 5.48. The molecule has 0 aliphatic carbocycles. The van der Waals surface area contributed by atoms with Crippen LogP contribution >= 0.6 is 0 Å². The van der Waals surface area contributed by atoms with Crippen LogP contribution in [0.15, 0.2) is 18.2 Å². The summed E-state index contributed by atoms with van der Waals surface area (Å²) < 4.78 is 0. The third kappa shape index (κ3) is 3.71. The molecule has 3 nitrogen and oxygen atoms in total. The van der Waals surface area contributed by atoms with Crippen molar-refractivity contribution in [3.8, 4) is 0 Å². The molecule has 106 valence electrons. The zero-order valence-corrected chi connectivity index (χ0v) is 12.4. The van der Waals surface area contributed by atoms with Gasteiger partial charge in [-0.2, -0.15) is 0 Å². The fourth-order valence-electron chi connectivity index (χ4n) is 2.86. The molecule has 3 heteroatoms. The topological polar surface area (TPSA) is 32.5 Å². The number of anilines is 1. The van der Waals surface area contributed by atoms with E-state index in [2.05, 4.69) is 41.8 Å². The van der Waals surface area contributed by atoms with Gasteiger partial charge in [-0.05, 0) is 56.1 Å². The van der Waals surface area contributed by atoms with E-state index in [1.807, 2.05) is 0 Å². The highest BCUT2D eigenvalue weighted by atomic mass is 15.3. The number of nitrogens with zero attached hydrogens (tertiary/aromatic N) is 2. The average Bonchev–Trinajstić information content (AvgIpc) is 2.43. The highest BCUT2D eigenvalue weighted by Crippen LogP contribution is 2.21. The minimum absolute atomic E-state index is 0.732. The number of aryl methyl sites for hydroxylation is 1. The number of hydrogen-bond donors (Lipinski definition) is 1. The lowest BCUT2D eigenvalue weighted by Crippen LogP contribution is -2.46. The van der Waals surface area contributed by atoms with Gasteiger partial charge in [0.2, 0.25) is 0 Å². The van der Waals surface area contributed by atoms with Gasteiger partial charge in [-0.25, -0.2) is 0 Å². The summed E-state index contributed by atoms with van der Waals surface area (Å²) in [6.07, 6.45) is 2.24. The Kier molecular flexibility index (Phi) is 5.23. The fraction of sp³-hybridized carbons (Fsp3) is 0.625. The zero-order valence-electron chi connectivity index (χ0n) is 12.4. The quantitative estimate of drug-likeness (QED) is 0.880. The van der Waals surface area contributed by atoms with Crippen LogP contribution in [0.4, 0.5) is 5.69 Å². The number of nitrogens with two attached hydrogens (primary N) is 1. The summed E-state index contributed by atoms with van der Waals surface area (Å²) in [6, 6.07) is 6.82. The average molecular weight is 261 g/mol. The second-order valence-corrected chi connectivity index (χ2v) is 5.48. The van der Waals surface area contributed by atoms with E-state index in [-0.39, 0.29) is 0 Å². The molecule has 0 unspecified atom stereocenters. The molecule has 1 aromatic carbocycles. The van der Waals surface area contributed by atoms with Crippen LogP contribution in [0.3, 0.4) is 0 Å². The van der Waals surface area contributed by atoms with E-state index in [4.69, 9.17) is 5.73 Å². The molecule has 0 bridgehead atoms. The van der Waals surface area contributed by atoms with Gasteiger partial charge in [-0.1, -0.05) is 13.0 Å². The molecule has 1 fully saturated rings. The van der Waals surface area contributed by atoms with Gasteiger partial charge in [0.05, 0.1) is 0 Å². The second kappa shape index (κ2) is 6.92. The molecule has 2 rings (SSSR count). The first-order valence-electron chi connectivity index (χ1n) is 7.51. The molecule has 0 aromatic heterocycles. The van der Waals surface area contributed by atoms with Crippen molar-refractivity contribution in [2.75, 3.05) is 44.2 Å². The van der Waals surface area contributed by atoms with Crippen molar-refractivity contribution in [1.29, 1.82) is 0 Å². The predicted octanol–water partition coefficient (Wildman–Crippen LogP) is 2.03. The standard InChI is InChI=1S/C16H27N3/c1-3-8-18-9-11-19(12-10-18)16-5-4-15(6-7-17)14(2)13-16/h4-5,13H,3,6-12,17H2,1-2H3. The summed E-state index contributed by atoms with van der Waals surface area (Å²) in [5.74, 6) is 0. The van der Waals surface area contributed by atoms with Crippen LogP contribution in [0.1, 0.15) is 24.5 Å². The van der Waals surface area contributed by atoms with Gasteiger partial charge >= 0.3 is 0 Å². The first-order chi connectivity index (χ1) is 9.24. The molecule has 0 saturated carbocycles. The number of hydrogen-bond acceptors (Lipinski definition) is 3. The number of benzene rings is 1. The Morgan fingerprint density at radius 1 is 1.16 bits per heavy atom. The van der Waals surface area contributed by atoms with Crippen molar-refractivity contribution in [1.82, 2.24) is 4.90 Å². The molecule has 0 atom stereocenters. The van der Waals surface area contributed by atoms with E-state index >= 15 is 0 Å². The third-order valence-electron chi connectivity index (χ3n) is 4.02. The van der Waals surface area contributed by atoms with Crippen LogP contribution in [0.5, 0.6) is 0 Å². The molecule has 1 saturated heterocycles. The zero-order chi connectivity index (χ0) is 13.7. The van der Waals surface area contributed by atoms with E-state index in [9.17, 15) is 0 Å². The molecule has 1 aliphatic heterocycles. The number of rotatable bonds is 5. The van der Waals surface area contributed by atoms with Crippen molar-refractivity contribution >= 4 is 5.69 Å². The van der Waals surface area contributed by atoms with Gasteiger partial charge in [0.25, 0.3) is 0 Å². The van der Waals surface area contributed by atoms with Crippen LogP contribution in [-0.4, -0.2) is 44.2 Å². The summed E-state index contributed by atoms with van der Waals surface area (Å²) in [5, 5.41) is 0. The lowest BCUT2D eigenvalue weighted by molar-refractivity contribution is 0.258. The first kappa shape index (κ1) is 14.4. The molecule has 1 aliphatic rings. The van der Waals surface area contributed by atoms with Gasteiger partial charge in [0, 0.05) is 31.9 Å². The van der Waals surface area contributed by atoms with Crippen molar-refractivity contribution in [2.45, 2.75) is 26.7 Å². The Hall–Kier alpha value is -1.06. The maximum atomic E-state index is 5.64. The molecule has 2 N–H and O–H groups in total. The predicted molar refractivity (Wildman–Crippen MR) is 82.9 cm³/mol. The first-order valence-corrected chi connectivity index (χ1v) is 7.51. The normalized spacial score (nSPS) is 16.9. The minimum atomic E-state index is 0.732. The summed E-state index contributed by atoms with van der Waals surface area (Å²) in [4.78, 5) is 5.07. The van der Waals surface area contributed by atoms with Gasteiger partial charge < -0.3 is 10.6 Å². The molecular weight excluding hydrogens is 234 g/mol. The summed E-state index contributed by atoms with van der Waals surface area (Å²) in [7, 11) is 0. The summed E-state index contributed by atoms with van der Waals surface area (Å²) >= 11 is 0. The van der Waals surface area contributed by atoms with Gasteiger partial charge in [0.1, 0.15) is 0 Å². The molecule has 0 amide bonds. The highest BCUT2D eigenvalue weighted by molar-refractivity contribution is 5.51. The molecule has 1 aromatic rings. The number of piperazine rings is 1. The van der Waals surface area contributed by atoms with Crippen LogP contribution in [0, 0.1) is 6.92 Å². The Labute approximate surface area is 117 Å². The van der Waals surface area contributed by atoms with Gasteiger partial charge in [-0.3, -0.25) is 4.90 Å². The molecule has 1 heterocycles. The van der Waals surface area contributed by atoms with Crippen LogP contribution in [0.25, 0.3) is 0 Å². The van der Waals surface area contributed by atoms with E-state index in [1.165, 1.54) is 42.9 Å². The SMILES string of the molecule is CCCN1CCN(c2ccc(CCN)c(C)c2)CC1. The smallest absolute Gasteiger partial charge is 0.0369 e.